The highest BCUT2D eigenvalue weighted by Gasteiger charge is 2.25. The SMILES string of the molecule is Cc1cc(NC(=O)[C@H](CCCCNC(=O)OCc2ccccc2)NC(=O)OC(C)(C)C)cc2nc(NC(C)C)oc(=O)c12. The number of nitrogens with one attached hydrogen (secondary N) is 4. The molecule has 2 aromatic carbocycles. The smallest absolute Gasteiger partial charge is 0.408 e. The Hall–Kier alpha value is -4.61. The first kappa shape index (κ1) is 32.9. The van der Waals surface area contributed by atoms with Crippen LogP contribution in [0.2, 0.25) is 0 Å². The lowest BCUT2D eigenvalue weighted by atomic mass is 10.1. The van der Waals surface area contributed by atoms with Gasteiger partial charge in [0.05, 0.1) is 10.9 Å². The molecule has 3 amide bonds. The minimum absolute atomic E-state index is 0.00750. The molecule has 1 aromatic heterocycles. The van der Waals surface area contributed by atoms with E-state index < -0.39 is 35.4 Å². The number of aromatic nitrogens is 1. The summed E-state index contributed by atoms with van der Waals surface area (Å²) >= 11 is 0. The van der Waals surface area contributed by atoms with E-state index in [0.29, 0.717) is 41.5 Å². The minimum atomic E-state index is -0.928. The van der Waals surface area contributed by atoms with Crippen LogP contribution >= 0.6 is 0 Å². The Morgan fingerprint density at radius 3 is 2.42 bits per heavy atom. The molecule has 3 aromatic rings. The van der Waals surface area contributed by atoms with E-state index in [1.807, 2.05) is 44.2 Å². The number of carbonyl (C=O) groups is 3. The molecule has 3 rings (SSSR count). The fraction of sp³-hybridized carbons (Fsp3) is 0.452. The third-order valence-electron chi connectivity index (χ3n) is 6.02. The van der Waals surface area contributed by atoms with Gasteiger partial charge in [-0.1, -0.05) is 30.3 Å². The Morgan fingerprint density at radius 2 is 1.74 bits per heavy atom. The van der Waals surface area contributed by atoms with E-state index in [2.05, 4.69) is 26.3 Å². The molecule has 0 radical (unpaired) electrons. The van der Waals surface area contributed by atoms with Crippen molar-refractivity contribution < 1.29 is 28.3 Å². The number of alkyl carbamates (subject to hydrolysis) is 2. The van der Waals surface area contributed by atoms with E-state index in [-0.39, 0.29) is 25.1 Å². The Labute approximate surface area is 250 Å². The summed E-state index contributed by atoms with van der Waals surface area (Å²) in [5.41, 5.74) is 0.934. The van der Waals surface area contributed by atoms with Crippen LogP contribution in [-0.4, -0.2) is 47.3 Å². The van der Waals surface area contributed by atoms with Gasteiger partial charge in [-0.2, -0.15) is 4.98 Å². The fourth-order valence-electron chi connectivity index (χ4n) is 4.16. The van der Waals surface area contributed by atoms with Crippen LogP contribution in [0.5, 0.6) is 0 Å². The summed E-state index contributed by atoms with van der Waals surface area (Å²) in [5.74, 6) is -0.469. The number of rotatable bonds is 12. The van der Waals surface area contributed by atoms with Crippen LogP contribution in [0, 0.1) is 6.92 Å². The van der Waals surface area contributed by atoms with Crippen LogP contribution in [0.4, 0.5) is 21.3 Å². The molecule has 0 saturated carbocycles. The van der Waals surface area contributed by atoms with Gasteiger partial charge < -0.3 is 35.2 Å². The van der Waals surface area contributed by atoms with Crippen molar-refractivity contribution in [1.82, 2.24) is 15.6 Å². The summed E-state index contributed by atoms with van der Waals surface area (Å²) in [6.07, 6.45) is 0.0689. The monoisotopic (exact) mass is 595 g/mol. The lowest BCUT2D eigenvalue weighted by Gasteiger charge is -2.23. The summed E-state index contributed by atoms with van der Waals surface area (Å²) in [5, 5.41) is 11.4. The molecule has 12 heteroatoms. The highest BCUT2D eigenvalue weighted by atomic mass is 16.6. The zero-order chi connectivity index (χ0) is 31.6. The van der Waals surface area contributed by atoms with Crippen molar-refractivity contribution in [2.45, 2.75) is 85.1 Å². The molecule has 0 fully saturated rings. The first-order chi connectivity index (χ1) is 20.3. The van der Waals surface area contributed by atoms with E-state index >= 15 is 0 Å². The zero-order valence-corrected chi connectivity index (χ0v) is 25.5. The first-order valence-corrected chi connectivity index (χ1v) is 14.3. The number of hydrogen-bond acceptors (Lipinski definition) is 9. The van der Waals surface area contributed by atoms with Gasteiger partial charge >= 0.3 is 17.8 Å². The van der Waals surface area contributed by atoms with Crippen molar-refractivity contribution in [2.75, 3.05) is 17.2 Å². The number of carbonyl (C=O) groups excluding carboxylic acids is 3. The predicted molar refractivity (Wildman–Crippen MR) is 164 cm³/mol. The molecule has 0 saturated heterocycles. The maximum Gasteiger partial charge on any atom is 0.408 e. The Balaban J connectivity index is 1.63. The van der Waals surface area contributed by atoms with Gasteiger partial charge in [0.2, 0.25) is 5.91 Å². The van der Waals surface area contributed by atoms with Gasteiger partial charge in [0.1, 0.15) is 18.2 Å². The third kappa shape index (κ3) is 11.0. The maximum atomic E-state index is 13.3. The molecular formula is C31H41N5O7. The number of amides is 3. The maximum absolute atomic E-state index is 13.3. The molecule has 232 valence electrons. The third-order valence-corrected chi connectivity index (χ3v) is 6.02. The zero-order valence-electron chi connectivity index (χ0n) is 25.5. The molecule has 1 atom stereocenters. The number of fused-ring (bicyclic) bond motifs is 1. The van der Waals surface area contributed by atoms with E-state index in [4.69, 9.17) is 13.9 Å². The van der Waals surface area contributed by atoms with Crippen LogP contribution in [0.1, 0.15) is 65.0 Å². The summed E-state index contributed by atoms with van der Waals surface area (Å²) in [6.45, 7) is 11.2. The predicted octanol–water partition coefficient (Wildman–Crippen LogP) is 5.25. The average molecular weight is 596 g/mol. The van der Waals surface area contributed by atoms with Crippen LogP contribution in [0.3, 0.4) is 0 Å². The Kier molecular flexibility index (Phi) is 11.5. The average Bonchev–Trinajstić information content (AvgIpc) is 2.89. The first-order valence-electron chi connectivity index (χ1n) is 14.3. The molecule has 1 heterocycles. The van der Waals surface area contributed by atoms with Crippen molar-refractivity contribution in [3.05, 3.63) is 64.0 Å². The quantitative estimate of drug-likeness (QED) is 0.205. The van der Waals surface area contributed by atoms with Crippen molar-refractivity contribution in [2.24, 2.45) is 0 Å². The highest BCUT2D eigenvalue weighted by Crippen LogP contribution is 2.22. The van der Waals surface area contributed by atoms with Crippen LogP contribution < -0.4 is 26.9 Å². The molecule has 12 nitrogen and oxygen atoms in total. The topological polar surface area (TPSA) is 161 Å². The van der Waals surface area contributed by atoms with Gasteiger partial charge in [0.15, 0.2) is 0 Å². The van der Waals surface area contributed by atoms with Crippen molar-refractivity contribution in [3.63, 3.8) is 0 Å². The van der Waals surface area contributed by atoms with Crippen LogP contribution in [0.15, 0.2) is 51.7 Å². The Bertz CT molecular complexity index is 1470. The number of ether oxygens (including phenoxy) is 2. The van der Waals surface area contributed by atoms with E-state index in [1.54, 1.807) is 39.8 Å². The van der Waals surface area contributed by atoms with Crippen molar-refractivity contribution >= 4 is 40.7 Å². The Morgan fingerprint density at radius 1 is 1.02 bits per heavy atom. The largest absolute Gasteiger partial charge is 0.445 e. The minimum Gasteiger partial charge on any atom is -0.445 e. The van der Waals surface area contributed by atoms with Gasteiger partial charge in [-0.25, -0.2) is 14.4 Å². The molecule has 0 aliphatic heterocycles. The van der Waals surface area contributed by atoms with Gasteiger partial charge in [-0.15, -0.1) is 0 Å². The molecule has 0 aliphatic carbocycles. The number of unbranched alkanes of at least 4 members (excludes halogenated alkanes) is 1. The van der Waals surface area contributed by atoms with Crippen LogP contribution in [-0.2, 0) is 20.9 Å². The van der Waals surface area contributed by atoms with E-state index in [1.165, 1.54) is 0 Å². The molecule has 0 unspecified atom stereocenters. The van der Waals surface area contributed by atoms with E-state index in [0.717, 1.165) is 5.56 Å². The number of aryl methyl sites for hydroxylation is 1. The highest BCUT2D eigenvalue weighted by molar-refractivity contribution is 5.98. The molecule has 0 spiro atoms. The lowest BCUT2D eigenvalue weighted by molar-refractivity contribution is -0.118. The number of nitrogens with zero attached hydrogens (tertiary/aromatic N) is 1. The second-order valence-corrected chi connectivity index (χ2v) is 11.5. The summed E-state index contributed by atoms with van der Waals surface area (Å²) in [4.78, 5) is 54.9. The van der Waals surface area contributed by atoms with Gasteiger partial charge in [0, 0.05) is 18.3 Å². The fourth-order valence-corrected chi connectivity index (χ4v) is 4.16. The molecule has 4 N–H and O–H groups in total. The molecule has 0 aliphatic rings. The van der Waals surface area contributed by atoms with Gasteiger partial charge in [-0.05, 0) is 84.1 Å². The number of benzene rings is 2. The van der Waals surface area contributed by atoms with Gasteiger partial charge in [-0.3, -0.25) is 4.79 Å². The van der Waals surface area contributed by atoms with Crippen LogP contribution in [0.25, 0.3) is 10.9 Å². The number of anilines is 2. The second kappa shape index (κ2) is 15.0. The standard InChI is InChI=1S/C31H41N5O7/c1-19(2)33-28-35-24-17-22(16-20(3)25(24)27(38)42-28)34-26(37)23(36-30(40)43-31(4,5)6)14-10-11-15-32-29(39)41-18-21-12-8-7-9-13-21/h7-9,12-13,16-17,19,23H,10-11,14-15,18H2,1-6H3,(H,32,39)(H,33,35)(H,34,37)(H,36,40)/t23-/m0/s1. The molecule has 0 bridgehead atoms. The summed E-state index contributed by atoms with van der Waals surface area (Å²) < 4.78 is 15.8. The molecular weight excluding hydrogens is 554 g/mol. The number of hydrogen-bond donors (Lipinski definition) is 4. The van der Waals surface area contributed by atoms with Crippen molar-refractivity contribution in [1.29, 1.82) is 0 Å². The van der Waals surface area contributed by atoms with Crippen molar-refractivity contribution in [3.8, 4) is 0 Å². The summed E-state index contributed by atoms with van der Waals surface area (Å²) in [6, 6.07) is 11.7. The lowest BCUT2D eigenvalue weighted by Crippen LogP contribution is -2.45. The molecule has 43 heavy (non-hydrogen) atoms. The normalized spacial score (nSPS) is 12.0. The van der Waals surface area contributed by atoms with Gasteiger partial charge in [0.25, 0.3) is 6.01 Å². The summed E-state index contributed by atoms with van der Waals surface area (Å²) in [7, 11) is 0. The van der Waals surface area contributed by atoms with E-state index in [9.17, 15) is 19.2 Å². The second-order valence-electron chi connectivity index (χ2n) is 11.5.